The lowest BCUT2D eigenvalue weighted by atomic mass is 10.0. The van der Waals surface area contributed by atoms with Gasteiger partial charge in [0.25, 0.3) is 0 Å². The van der Waals surface area contributed by atoms with E-state index in [0.717, 1.165) is 12.1 Å². The zero-order valence-electron chi connectivity index (χ0n) is 15.8. The lowest BCUT2D eigenvalue weighted by Crippen LogP contribution is -2.24. The number of carbonyl (C=O) groups excluding carboxylic acids is 1. The molecule has 2 rings (SSSR count). The molecule has 0 bridgehead atoms. The van der Waals surface area contributed by atoms with Crippen LogP contribution in [0, 0.1) is 0 Å². The van der Waals surface area contributed by atoms with Crippen LogP contribution in [0.2, 0.25) is 0 Å². The summed E-state index contributed by atoms with van der Waals surface area (Å²) in [6.45, 7) is 5.18. The Morgan fingerprint density at radius 3 is 2.25 bits per heavy atom. The fraction of sp³-hybridized carbons (Fsp3) is 0.333. The number of aliphatic imine (C=N–C) groups is 1. The normalized spacial score (nSPS) is 13.5. The third-order valence-corrected chi connectivity index (χ3v) is 3.73. The number of aromatic hydroxyl groups is 1. The van der Waals surface area contributed by atoms with Gasteiger partial charge in [-0.25, -0.2) is 0 Å². The van der Waals surface area contributed by atoms with E-state index in [9.17, 15) is 23.1 Å². The molecule has 4 nitrogen and oxygen atoms in total. The van der Waals surface area contributed by atoms with Gasteiger partial charge in [0.2, 0.25) is 0 Å². The molecule has 2 aromatic carbocycles. The van der Waals surface area contributed by atoms with Gasteiger partial charge in [0.1, 0.15) is 11.4 Å². The van der Waals surface area contributed by atoms with E-state index in [4.69, 9.17) is 4.74 Å². The predicted octanol–water partition coefficient (Wildman–Crippen LogP) is 5.30. The second-order valence-electron chi connectivity index (χ2n) is 7.26. The zero-order valence-corrected chi connectivity index (χ0v) is 15.8. The highest BCUT2D eigenvalue weighted by Gasteiger charge is 2.30. The number of para-hydroxylation sites is 1. The van der Waals surface area contributed by atoms with Crippen LogP contribution >= 0.6 is 0 Å². The van der Waals surface area contributed by atoms with Gasteiger partial charge in [-0.15, -0.1) is 0 Å². The average molecular weight is 393 g/mol. The van der Waals surface area contributed by atoms with Crippen molar-refractivity contribution < 1.29 is 27.8 Å². The number of hydrogen-bond donors (Lipinski definition) is 1. The first-order valence-corrected chi connectivity index (χ1v) is 8.66. The fourth-order valence-corrected chi connectivity index (χ4v) is 2.46. The van der Waals surface area contributed by atoms with Crippen molar-refractivity contribution in [3.63, 3.8) is 0 Å². The maximum atomic E-state index is 12.8. The molecule has 0 aromatic heterocycles. The molecule has 2 aromatic rings. The summed E-state index contributed by atoms with van der Waals surface area (Å²) in [6.07, 6.45) is -3.20. The minimum absolute atomic E-state index is 0.00897. The third kappa shape index (κ3) is 6.40. The molecule has 0 amide bonds. The summed E-state index contributed by atoms with van der Waals surface area (Å²) in [7, 11) is 0. The van der Waals surface area contributed by atoms with E-state index in [2.05, 4.69) is 4.99 Å². The van der Waals surface area contributed by atoms with Crippen molar-refractivity contribution in [2.75, 3.05) is 0 Å². The Morgan fingerprint density at radius 1 is 1.11 bits per heavy atom. The summed E-state index contributed by atoms with van der Waals surface area (Å²) < 4.78 is 43.7. The molecule has 150 valence electrons. The van der Waals surface area contributed by atoms with E-state index in [-0.39, 0.29) is 12.2 Å². The molecule has 0 spiro atoms. The molecule has 0 aliphatic carbocycles. The van der Waals surface area contributed by atoms with Crippen LogP contribution in [-0.2, 0) is 15.7 Å². The lowest BCUT2D eigenvalue weighted by molar-refractivity contribution is -0.155. The second kappa shape index (κ2) is 8.46. The number of benzene rings is 2. The van der Waals surface area contributed by atoms with Crippen LogP contribution in [0.3, 0.4) is 0 Å². The zero-order chi connectivity index (χ0) is 20.9. The van der Waals surface area contributed by atoms with Crippen LogP contribution in [0.5, 0.6) is 5.75 Å². The van der Waals surface area contributed by atoms with Gasteiger partial charge in [0, 0.05) is 11.8 Å². The topological polar surface area (TPSA) is 58.9 Å². The van der Waals surface area contributed by atoms with Crippen molar-refractivity contribution in [3.05, 3.63) is 65.2 Å². The van der Waals surface area contributed by atoms with E-state index in [1.54, 1.807) is 39.0 Å². The first-order valence-electron chi connectivity index (χ1n) is 8.66. The van der Waals surface area contributed by atoms with E-state index in [1.165, 1.54) is 24.4 Å². The van der Waals surface area contributed by atoms with E-state index < -0.39 is 29.4 Å². The highest BCUT2D eigenvalue weighted by molar-refractivity contribution is 5.83. The standard InChI is InChI=1S/C21H22F3NO3/c1-20(2,3)28-19(27)12-17(25-13-15-6-4-5-7-18(15)26)14-8-10-16(11-9-14)21(22,23)24/h4-11,13,17,26H,12H2,1-3H3/t17-/m0/s1. The average Bonchev–Trinajstić information content (AvgIpc) is 2.57. The molecule has 0 unspecified atom stereocenters. The van der Waals surface area contributed by atoms with Gasteiger partial charge in [-0.3, -0.25) is 9.79 Å². The highest BCUT2D eigenvalue weighted by atomic mass is 19.4. The van der Waals surface area contributed by atoms with Crippen molar-refractivity contribution >= 4 is 12.2 Å². The maximum absolute atomic E-state index is 12.8. The molecular formula is C21H22F3NO3. The number of nitrogens with zero attached hydrogens (tertiary/aromatic N) is 1. The molecule has 0 heterocycles. The van der Waals surface area contributed by atoms with Crippen molar-refractivity contribution in [1.82, 2.24) is 0 Å². The molecule has 0 saturated carbocycles. The highest BCUT2D eigenvalue weighted by Crippen LogP contribution is 2.31. The number of carbonyl (C=O) groups is 1. The van der Waals surface area contributed by atoms with Gasteiger partial charge in [0.15, 0.2) is 0 Å². The Balaban J connectivity index is 2.30. The summed E-state index contributed by atoms with van der Waals surface area (Å²) in [5.74, 6) is -0.512. The van der Waals surface area contributed by atoms with Crippen molar-refractivity contribution in [1.29, 1.82) is 0 Å². The number of halogens is 3. The SMILES string of the molecule is CC(C)(C)OC(=O)C[C@H](N=Cc1ccccc1O)c1ccc(C(F)(F)F)cc1. The molecule has 28 heavy (non-hydrogen) atoms. The van der Waals surface area contributed by atoms with E-state index in [0.29, 0.717) is 11.1 Å². The number of phenols is 1. The van der Waals surface area contributed by atoms with Gasteiger partial charge in [-0.2, -0.15) is 13.2 Å². The van der Waals surface area contributed by atoms with Crippen LogP contribution < -0.4 is 0 Å². The first-order chi connectivity index (χ1) is 13.0. The van der Waals surface area contributed by atoms with Crippen LogP contribution in [-0.4, -0.2) is 22.9 Å². The second-order valence-corrected chi connectivity index (χ2v) is 7.26. The van der Waals surface area contributed by atoms with Gasteiger partial charge < -0.3 is 9.84 Å². The summed E-state index contributed by atoms with van der Waals surface area (Å²) >= 11 is 0. The number of rotatable bonds is 5. The Bertz CT molecular complexity index is 837. The molecule has 0 fully saturated rings. The van der Waals surface area contributed by atoms with Gasteiger partial charge in [-0.1, -0.05) is 24.3 Å². The van der Waals surface area contributed by atoms with E-state index in [1.807, 2.05) is 0 Å². The minimum Gasteiger partial charge on any atom is -0.507 e. The van der Waals surface area contributed by atoms with Crippen LogP contribution in [0.25, 0.3) is 0 Å². The molecule has 0 aliphatic rings. The molecular weight excluding hydrogens is 371 g/mol. The quantitative estimate of drug-likeness (QED) is 0.554. The van der Waals surface area contributed by atoms with Crippen molar-refractivity contribution in [3.8, 4) is 5.75 Å². The molecule has 0 aliphatic heterocycles. The molecule has 7 heteroatoms. The number of ether oxygens (including phenoxy) is 1. The summed E-state index contributed by atoms with van der Waals surface area (Å²) in [4.78, 5) is 16.5. The number of phenolic OH excluding ortho intramolecular Hbond substituents is 1. The summed E-state index contributed by atoms with van der Waals surface area (Å²) in [6, 6.07) is 10.2. The van der Waals surface area contributed by atoms with Gasteiger partial charge >= 0.3 is 12.1 Å². The largest absolute Gasteiger partial charge is 0.507 e. The van der Waals surface area contributed by atoms with Crippen molar-refractivity contribution in [2.45, 2.75) is 45.0 Å². The van der Waals surface area contributed by atoms with Gasteiger partial charge in [-0.05, 0) is 50.6 Å². The Hall–Kier alpha value is -2.83. The van der Waals surface area contributed by atoms with E-state index >= 15 is 0 Å². The molecule has 1 atom stereocenters. The Labute approximate surface area is 161 Å². The Morgan fingerprint density at radius 2 is 1.71 bits per heavy atom. The fourth-order valence-electron chi connectivity index (χ4n) is 2.46. The monoisotopic (exact) mass is 393 g/mol. The summed E-state index contributed by atoms with van der Waals surface area (Å²) in [5.41, 5.74) is -0.602. The molecule has 0 saturated heterocycles. The number of esters is 1. The minimum atomic E-state index is -4.45. The molecule has 1 N–H and O–H groups in total. The van der Waals surface area contributed by atoms with Gasteiger partial charge in [0.05, 0.1) is 18.0 Å². The van der Waals surface area contributed by atoms with Crippen LogP contribution in [0.4, 0.5) is 13.2 Å². The van der Waals surface area contributed by atoms with Crippen molar-refractivity contribution in [2.24, 2.45) is 4.99 Å². The summed E-state index contributed by atoms with van der Waals surface area (Å²) in [5, 5.41) is 9.85. The Kier molecular flexibility index (Phi) is 6.48. The lowest BCUT2D eigenvalue weighted by Gasteiger charge is -2.21. The number of hydrogen-bond acceptors (Lipinski definition) is 4. The van der Waals surface area contributed by atoms with Crippen LogP contribution in [0.1, 0.15) is 49.9 Å². The molecule has 0 radical (unpaired) electrons. The first kappa shape index (κ1) is 21.5. The predicted molar refractivity (Wildman–Crippen MR) is 100 cm³/mol. The number of alkyl halides is 3. The smallest absolute Gasteiger partial charge is 0.416 e. The third-order valence-electron chi connectivity index (χ3n) is 3.73. The maximum Gasteiger partial charge on any atom is 0.416 e. The van der Waals surface area contributed by atoms with Crippen LogP contribution in [0.15, 0.2) is 53.5 Å².